The van der Waals surface area contributed by atoms with Gasteiger partial charge in [-0.15, -0.1) is 21.5 Å². The van der Waals surface area contributed by atoms with Crippen LogP contribution in [0, 0.1) is 5.92 Å². The number of halogens is 2. The Hall–Kier alpha value is -2.87. The maximum absolute atomic E-state index is 13.0. The Labute approximate surface area is 276 Å². The van der Waals surface area contributed by atoms with Gasteiger partial charge in [-0.3, -0.25) is 19.9 Å². The third-order valence-electron chi connectivity index (χ3n) is 7.74. The molecule has 0 radical (unpaired) electrons. The Morgan fingerprint density at radius 1 is 1.00 bits per heavy atom. The molecule has 2 atom stereocenters. The number of rotatable bonds is 8. The van der Waals surface area contributed by atoms with Crippen LogP contribution in [-0.2, 0) is 17.8 Å². The summed E-state index contributed by atoms with van der Waals surface area (Å²) in [6.45, 7) is 4.89. The predicted molar refractivity (Wildman–Crippen MR) is 177 cm³/mol. The molecule has 3 aliphatic heterocycles. The van der Waals surface area contributed by atoms with E-state index in [4.69, 9.17) is 27.9 Å². The topological polar surface area (TPSA) is 102 Å². The number of anilines is 1. The molecule has 226 valence electrons. The Morgan fingerprint density at radius 2 is 1.64 bits per heavy atom. The number of hydrazone groups is 1. The van der Waals surface area contributed by atoms with E-state index in [9.17, 15) is 9.59 Å². The number of benzene rings is 2. The van der Waals surface area contributed by atoms with Crippen LogP contribution >= 0.6 is 58.1 Å². The van der Waals surface area contributed by atoms with Crippen LogP contribution in [0.15, 0.2) is 58.8 Å². The van der Waals surface area contributed by atoms with Crippen LogP contribution in [0.25, 0.3) is 5.00 Å². The van der Waals surface area contributed by atoms with E-state index in [0.29, 0.717) is 50.0 Å². The van der Waals surface area contributed by atoms with Crippen LogP contribution in [0.1, 0.15) is 56.7 Å². The molecule has 0 bridgehead atoms. The molecular weight excluding hydrogens is 659 g/mol. The van der Waals surface area contributed by atoms with Crippen molar-refractivity contribution in [1.29, 1.82) is 0 Å². The number of nitrogens with one attached hydrogen (secondary N) is 1. The summed E-state index contributed by atoms with van der Waals surface area (Å²) in [6.07, 6.45) is 0.599. The van der Waals surface area contributed by atoms with Crippen LogP contribution in [0.4, 0.5) is 5.95 Å². The summed E-state index contributed by atoms with van der Waals surface area (Å²) in [5, 5.41) is 17.2. The van der Waals surface area contributed by atoms with E-state index < -0.39 is 0 Å². The van der Waals surface area contributed by atoms with Gasteiger partial charge in [-0.1, -0.05) is 60.6 Å². The zero-order chi connectivity index (χ0) is 30.5. The predicted octanol–water partition coefficient (Wildman–Crippen LogP) is 7.02. The van der Waals surface area contributed by atoms with E-state index in [2.05, 4.69) is 34.6 Å². The number of thioether (sulfide) groups is 2. The highest BCUT2D eigenvalue weighted by atomic mass is 35.5. The van der Waals surface area contributed by atoms with Gasteiger partial charge in [0.05, 0.1) is 24.2 Å². The first kappa shape index (κ1) is 29.8. The number of carbonyl (C=O) groups excluding carboxylic acids is 2. The number of aromatic nitrogens is 3. The van der Waals surface area contributed by atoms with E-state index in [1.807, 2.05) is 9.47 Å². The molecule has 0 saturated carbocycles. The number of hydrogen-bond acceptors (Lipinski definition) is 11. The minimum Gasteiger partial charge on any atom is -0.372 e. The van der Waals surface area contributed by atoms with Crippen molar-refractivity contribution < 1.29 is 14.3 Å². The first-order chi connectivity index (χ1) is 21.3. The van der Waals surface area contributed by atoms with Crippen LogP contribution in [0.3, 0.4) is 0 Å². The SMILES string of the molecule is CC(C)[C@@H]1Cc2c(sc3c2C2NN=C(SCC(=O)c4ccc(Cl)cc4)N2c2nnc(SCC(=O)c4ccc(Cl)cc4)n2-3)CO1. The minimum atomic E-state index is -0.297. The number of ether oxygens (including phenoxy) is 1. The van der Waals surface area contributed by atoms with Gasteiger partial charge in [-0.2, -0.15) is 5.10 Å². The first-order valence-corrected chi connectivity index (χ1v) is 17.5. The second-order valence-electron chi connectivity index (χ2n) is 10.9. The average molecular weight is 686 g/mol. The summed E-state index contributed by atoms with van der Waals surface area (Å²) in [6, 6.07) is 13.8. The molecule has 7 rings (SSSR count). The summed E-state index contributed by atoms with van der Waals surface area (Å²) in [5.41, 5.74) is 6.86. The zero-order valence-electron chi connectivity index (χ0n) is 23.6. The van der Waals surface area contributed by atoms with Gasteiger partial charge >= 0.3 is 0 Å². The summed E-state index contributed by atoms with van der Waals surface area (Å²) in [5.74, 6) is 1.27. The van der Waals surface area contributed by atoms with Gasteiger partial charge in [0.2, 0.25) is 5.95 Å². The lowest BCUT2D eigenvalue weighted by Crippen LogP contribution is -2.39. The second-order valence-corrected chi connectivity index (χ2v) is 14.7. The number of fused-ring (bicyclic) bond motifs is 8. The Morgan fingerprint density at radius 3 is 2.27 bits per heavy atom. The number of carbonyl (C=O) groups is 2. The molecular formula is C30H26Cl2N6O3S3. The van der Waals surface area contributed by atoms with Gasteiger partial charge < -0.3 is 4.74 Å². The van der Waals surface area contributed by atoms with Crippen LogP contribution in [0.5, 0.6) is 0 Å². The van der Waals surface area contributed by atoms with Gasteiger partial charge in [-0.05, 0) is 60.0 Å². The first-order valence-electron chi connectivity index (χ1n) is 14.0. The van der Waals surface area contributed by atoms with Crippen molar-refractivity contribution in [2.75, 3.05) is 16.4 Å². The Balaban J connectivity index is 1.21. The number of nitrogens with zero attached hydrogens (tertiary/aromatic N) is 5. The normalized spacial score (nSPS) is 18.3. The fraction of sp³-hybridized carbons (Fsp3) is 0.300. The largest absolute Gasteiger partial charge is 0.372 e. The number of hydrogen-bond donors (Lipinski definition) is 1. The fourth-order valence-corrected chi connectivity index (χ4v) is 8.68. The monoisotopic (exact) mass is 684 g/mol. The summed E-state index contributed by atoms with van der Waals surface area (Å²) in [4.78, 5) is 29.2. The highest BCUT2D eigenvalue weighted by Crippen LogP contribution is 2.49. The number of ketones is 2. The molecule has 0 aliphatic carbocycles. The molecule has 3 aliphatic rings. The van der Waals surface area contributed by atoms with Crippen molar-refractivity contribution in [3.63, 3.8) is 0 Å². The summed E-state index contributed by atoms with van der Waals surface area (Å²) >= 11 is 16.4. The molecule has 1 N–H and O–H groups in total. The van der Waals surface area contributed by atoms with E-state index in [0.717, 1.165) is 17.0 Å². The summed E-state index contributed by atoms with van der Waals surface area (Å²) in [7, 11) is 0. The highest BCUT2D eigenvalue weighted by molar-refractivity contribution is 8.14. The Kier molecular flexibility index (Phi) is 8.23. The van der Waals surface area contributed by atoms with Crippen molar-refractivity contribution in [1.82, 2.24) is 20.2 Å². The molecule has 44 heavy (non-hydrogen) atoms. The number of Topliss-reactive ketones (excluding diaryl/α,β-unsaturated/α-hetero) is 2. The van der Waals surface area contributed by atoms with Crippen molar-refractivity contribution in [3.8, 4) is 5.00 Å². The summed E-state index contributed by atoms with van der Waals surface area (Å²) < 4.78 is 8.24. The molecule has 0 amide bonds. The van der Waals surface area contributed by atoms with E-state index in [-0.39, 0.29) is 35.3 Å². The van der Waals surface area contributed by atoms with Gasteiger partial charge in [0.25, 0.3) is 0 Å². The smallest absolute Gasteiger partial charge is 0.241 e. The molecule has 14 heteroatoms. The Bertz CT molecular complexity index is 1790. The molecule has 0 spiro atoms. The molecule has 9 nitrogen and oxygen atoms in total. The molecule has 2 aromatic heterocycles. The van der Waals surface area contributed by atoms with Crippen LogP contribution in [0.2, 0.25) is 10.0 Å². The van der Waals surface area contributed by atoms with Gasteiger partial charge in [0.15, 0.2) is 28.1 Å². The number of thiophene rings is 1. The van der Waals surface area contributed by atoms with Crippen molar-refractivity contribution in [2.45, 2.75) is 44.3 Å². The second kappa shape index (κ2) is 12.1. The molecule has 0 fully saturated rings. The maximum Gasteiger partial charge on any atom is 0.241 e. The van der Waals surface area contributed by atoms with Gasteiger partial charge in [-0.25, -0.2) is 4.57 Å². The van der Waals surface area contributed by atoms with Crippen LogP contribution < -0.4 is 10.3 Å². The number of amidine groups is 1. The maximum atomic E-state index is 13.0. The van der Waals surface area contributed by atoms with Gasteiger partial charge in [0, 0.05) is 38.0 Å². The standard InChI is InChI=1S/C30H26Cl2N6O3S3/c1-15(2)23-11-20-24(12-41-23)44-27-25(20)26-33-35-29(42-13-21(39)16-3-7-18(31)8-4-16)37(26)28-34-36-30(38(27)28)43-14-22(40)17-5-9-19(32)10-6-17/h3-10,15,23,26,33H,11-14H2,1-2H3/t23-,26?/m0/s1. The van der Waals surface area contributed by atoms with E-state index in [1.165, 1.54) is 34.0 Å². The van der Waals surface area contributed by atoms with E-state index >= 15 is 0 Å². The third-order valence-corrected chi connectivity index (χ3v) is 11.3. The molecule has 1 unspecified atom stereocenters. The fourth-order valence-electron chi connectivity index (χ4n) is 5.39. The van der Waals surface area contributed by atoms with Crippen molar-refractivity contribution >= 4 is 80.7 Å². The van der Waals surface area contributed by atoms with E-state index in [1.54, 1.807) is 59.9 Å². The molecule has 5 heterocycles. The lowest BCUT2D eigenvalue weighted by Gasteiger charge is -2.33. The third kappa shape index (κ3) is 5.45. The minimum absolute atomic E-state index is 0.0289. The average Bonchev–Trinajstić information content (AvgIpc) is 3.73. The molecule has 4 aromatic rings. The van der Waals surface area contributed by atoms with Crippen molar-refractivity contribution in [3.05, 3.63) is 85.7 Å². The quantitative estimate of drug-likeness (QED) is 0.155. The highest BCUT2D eigenvalue weighted by Gasteiger charge is 2.45. The molecule has 0 saturated heterocycles. The lowest BCUT2D eigenvalue weighted by atomic mass is 9.93. The zero-order valence-corrected chi connectivity index (χ0v) is 27.6. The van der Waals surface area contributed by atoms with Crippen molar-refractivity contribution in [2.24, 2.45) is 11.0 Å². The van der Waals surface area contributed by atoms with Gasteiger partial charge in [0.1, 0.15) is 5.00 Å². The van der Waals surface area contributed by atoms with Crippen LogP contribution in [-0.4, -0.2) is 49.1 Å². The lowest BCUT2D eigenvalue weighted by molar-refractivity contribution is 0.00135. The molecule has 2 aromatic carbocycles.